The first-order valence-corrected chi connectivity index (χ1v) is 7.59. The van der Waals surface area contributed by atoms with Crippen LogP contribution in [0.15, 0.2) is 18.2 Å². The molecule has 0 saturated heterocycles. The molecule has 1 aliphatic carbocycles. The molecule has 0 radical (unpaired) electrons. The summed E-state index contributed by atoms with van der Waals surface area (Å²) in [5, 5.41) is 12.2. The summed E-state index contributed by atoms with van der Waals surface area (Å²) in [6, 6.07) is 7.70. The zero-order chi connectivity index (χ0) is 17.0. The van der Waals surface area contributed by atoms with Crippen molar-refractivity contribution >= 4 is 11.6 Å². The third-order valence-corrected chi connectivity index (χ3v) is 4.21. The second-order valence-corrected chi connectivity index (χ2v) is 6.03. The molecule has 1 atom stereocenters. The number of nitrogens with zero attached hydrogens (tertiary/aromatic N) is 2. The van der Waals surface area contributed by atoms with Crippen LogP contribution in [0.5, 0.6) is 11.5 Å². The molecule has 0 aliphatic heterocycles. The first-order valence-electron chi connectivity index (χ1n) is 7.59. The third kappa shape index (κ3) is 3.86. The molecule has 124 valence electrons. The number of anilines is 1. The largest absolute Gasteiger partial charge is 0.493 e. The van der Waals surface area contributed by atoms with E-state index in [1.165, 1.54) is 0 Å². The summed E-state index contributed by atoms with van der Waals surface area (Å²) in [5.41, 5.74) is 0.0677. The Kier molecular flexibility index (Phi) is 4.99. The van der Waals surface area contributed by atoms with Crippen LogP contribution in [-0.4, -0.2) is 39.3 Å². The van der Waals surface area contributed by atoms with Crippen molar-refractivity contribution in [2.75, 3.05) is 32.7 Å². The number of hydrogen-bond acceptors (Lipinski definition) is 5. The standard InChI is InChI=1S/C17H23N3O3/c1-17(11-18,12-5-6-12)19-16(21)10-20(2)13-7-8-14(22-3)15(9-13)23-4/h7-9,12H,5-6,10H2,1-4H3,(H,19,21)/t17-/m1/s1. The number of ether oxygens (including phenoxy) is 2. The van der Waals surface area contributed by atoms with Crippen LogP contribution in [0.25, 0.3) is 0 Å². The summed E-state index contributed by atoms with van der Waals surface area (Å²) < 4.78 is 10.5. The molecule has 1 N–H and O–H groups in total. The second-order valence-electron chi connectivity index (χ2n) is 6.03. The molecule has 1 fully saturated rings. The van der Waals surface area contributed by atoms with Crippen LogP contribution in [0.2, 0.25) is 0 Å². The molecular formula is C17H23N3O3. The topological polar surface area (TPSA) is 74.6 Å². The van der Waals surface area contributed by atoms with Crippen molar-refractivity contribution in [2.45, 2.75) is 25.3 Å². The van der Waals surface area contributed by atoms with Crippen molar-refractivity contribution in [2.24, 2.45) is 5.92 Å². The zero-order valence-electron chi connectivity index (χ0n) is 14.0. The Balaban J connectivity index is 2.02. The van der Waals surface area contributed by atoms with Gasteiger partial charge in [-0.25, -0.2) is 0 Å². The van der Waals surface area contributed by atoms with Gasteiger partial charge < -0.3 is 19.7 Å². The molecule has 1 amide bonds. The minimum atomic E-state index is -0.768. The first kappa shape index (κ1) is 16.9. The van der Waals surface area contributed by atoms with Crippen LogP contribution < -0.4 is 19.7 Å². The molecule has 0 heterocycles. The van der Waals surface area contributed by atoms with Crippen LogP contribution in [0.1, 0.15) is 19.8 Å². The van der Waals surface area contributed by atoms with Crippen LogP contribution in [0.3, 0.4) is 0 Å². The third-order valence-electron chi connectivity index (χ3n) is 4.21. The van der Waals surface area contributed by atoms with Gasteiger partial charge in [-0.3, -0.25) is 4.79 Å². The Bertz CT molecular complexity index is 622. The fourth-order valence-electron chi connectivity index (χ4n) is 2.58. The molecular weight excluding hydrogens is 294 g/mol. The number of methoxy groups -OCH3 is 2. The first-order chi connectivity index (χ1) is 10.9. The molecule has 2 rings (SSSR count). The molecule has 0 aromatic heterocycles. The van der Waals surface area contributed by atoms with E-state index in [-0.39, 0.29) is 18.4 Å². The van der Waals surface area contributed by atoms with E-state index in [0.29, 0.717) is 11.5 Å². The smallest absolute Gasteiger partial charge is 0.240 e. The van der Waals surface area contributed by atoms with E-state index >= 15 is 0 Å². The molecule has 6 nitrogen and oxygen atoms in total. The Labute approximate surface area is 137 Å². The molecule has 0 bridgehead atoms. The SMILES string of the molecule is COc1ccc(N(C)CC(=O)N[C@](C)(C#N)C2CC2)cc1OC. The van der Waals surface area contributed by atoms with Gasteiger partial charge in [-0.1, -0.05) is 0 Å². The van der Waals surface area contributed by atoms with Gasteiger partial charge in [0.25, 0.3) is 0 Å². The van der Waals surface area contributed by atoms with Crippen molar-refractivity contribution in [1.82, 2.24) is 5.32 Å². The van der Waals surface area contributed by atoms with Crippen molar-refractivity contribution in [3.05, 3.63) is 18.2 Å². The summed E-state index contributed by atoms with van der Waals surface area (Å²) in [5.74, 6) is 1.35. The highest BCUT2D eigenvalue weighted by Gasteiger charge is 2.43. The lowest BCUT2D eigenvalue weighted by molar-refractivity contribution is -0.121. The number of carbonyl (C=O) groups is 1. The van der Waals surface area contributed by atoms with Gasteiger partial charge in [0.2, 0.25) is 5.91 Å². The maximum atomic E-state index is 12.3. The van der Waals surface area contributed by atoms with Gasteiger partial charge in [0, 0.05) is 18.8 Å². The molecule has 6 heteroatoms. The molecule has 1 saturated carbocycles. The van der Waals surface area contributed by atoms with Crippen LogP contribution >= 0.6 is 0 Å². The van der Waals surface area contributed by atoms with E-state index in [2.05, 4.69) is 11.4 Å². The van der Waals surface area contributed by atoms with Crippen LogP contribution in [0, 0.1) is 17.2 Å². The number of amides is 1. The fourth-order valence-corrected chi connectivity index (χ4v) is 2.58. The zero-order valence-corrected chi connectivity index (χ0v) is 14.0. The highest BCUT2D eigenvalue weighted by Crippen LogP contribution is 2.39. The van der Waals surface area contributed by atoms with E-state index in [4.69, 9.17) is 9.47 Å². The molecule has 1 aliphatic rings. The average molecular weight is 317 g/mol. The van der Waals surface area contributed by atoms with Crippen LogP contribution in [0.4, 0.5) is 5.69 Å². The van der Waals surface area contributed by atoms with Gasteiger partial charge in [-0.15, -0.1) is 0 Å². The van der Waals surface area contributed by atoms with Crippen molar-refractivity contribution < 1.29 is 14.3 Å². The van der Waals surface area contributed by atoms with Gasteiger partial charge in [0.05, 0.1) is 26.8 Å². The summed E-state index contributed by atoms with van der Waals surface area (Å²) in [6.45, 7) is 1.96. The minimum absolute atomic E-state index is 0.166. The number of benzene rings is 1. The Morgan fingerprint density at radius 2 is 2.04 bits per heavy atom. The lowest BCUT2D eigenvalue weighted by atomic mass is 9.98. The van der Waals surface area contributed by atoms with Gasteiger partial charge >= 0.3 is 0 Å². The molecule has 0 spiro atoms. The van der Waals surface area contributed by atoms with E-state index < -0.39 is 5.54 Å². The highest BCUT2D eigenvalue weighted by molar-refractivity contribution is 5.82. The minimum Gasteiger partial charge on any atom is -0.493 e. The van der Waals surface area contributed by atoms with Crippen LogP contribution in [-0.2, 0) is 4.79 Å². The number of likely N-dealkylation sites (N-methyl/N-ethyl adjacent to an activating group) is 1. The highest BCUT2D eigenvalue weighted by atomic mass is 16.5. The van der Waals surface area contributed by atoms with E-state index in [9.17, 15) is 10.1 Å². The van der Waals surface area contributed by atoms with Gasteiger partial charge in [0.15, 0.2) is 11.5 Å². The average Bonchev–Trinajstić information content (AvgIpc) is 3.39. The van der Waals surface area contributed by atoms with Gasteiger partial charge in [-0.2, -0.15) is 5.26 Å². The summed E-state index contributed by atoms with van der Waals surface area (Å²) in [6.07, 6.45) is 1.99. The Morgan fingerprint density at radius 1 is 1.39 bits per heavy atom. The van der Waals surface area contributed by atoms with Gasteiger partial charge in [-0.05, 0) is 37.8 Å². The van der Waals surface area contributed by atoms with Crippen molar-refractivity contribution in [3.63, 3.8) is 0 Å². The van der Waals surface area contributed by atoms with E-state index in [1.54, 1.807) is 27.2 Å². The van der Waals surface area contributed by atoms with E-state index in [1.807, 2.05) is 24.1 Å². The summed E-state index contributed by atoms with van der Waals surface area (Å²) in [7, 11) is 4.97. The molecule has 0 unspecified atom stereocenters. The fraction of sp³-hybridized carbons (Fsp3) is 0.529. The number of nitrogens with one attached hydrogen (secondary N) is 1. The van der Waals surface area contributed by atoms with Crippen molar-refractivity contribution in [3.8, 4) is 17.6 Å². The summed E-state index contributed by atoms with van der Waals surface area (Å²) >= 11 is 0. The monoisotopic (exact) mass is 317 g/mol. The molecule has 23 heavy (non-hydrogen) atoms. The number of hydrogen-bond donors (Lipinski definition) is 1. The normalized spacial score (nSPS) is 16.0. The predicted octanol–water partition coefficient (Wildman–Crippen LogP) is 1.95. The lowest BCUT2D eigenvalue weighted by Crippen LogP contribution is -2.49. The Hall–Kier alpha value is -2.42. The maximum Gasteiger partial charge on any atom is 0.240 e. The van der Waals surface area contributed by atoms with Crippen molar-refractivity contribution in [1.29, 1.82) is 5.26 Å². The lowest BCUT2D eigenvalue weighted by Gasteiger charge is -2.26. The van der Waals surface area contributed by atoms with E-state index in [0.717, 1.165) is 18.5 Å². The number of carbonyl (C=O) groups excluding carboxylic acids is 1. The van der Waals surface area contributed by atoms with Gasteiger partial charge in [0.1, 0.15) is 5.54 Å². The quantitative estimate of drug-likeness (QED) is 0.832. The number of nitriles is 1. The predicted molar refractivity (Wildman–Crippen MR) is 87.7 cm³/mol. The second kappa shape index (κ2) is 6.78. The maximum absolute atomic E-state index is 12.3. The number of rotatable bonds is 7. The molecule has 1 aromatic rings. The Morgan fingerprint density at radius 3 is 2.57 bits per heavy atom. The summed E-state index contributed by atoms with van der Waals surface area (Å²) in [4.78, 5) is 14.1. The molecule has 1 aromatic carbocycles.